The van der Waals surface area contributed by atoms with Gasteiger partial charge in [0.1, 0.15) is 17.3 Å². The number of amides is 1. The van der Waals surface area contributed by atoms with Gasteiger partial charge in [0.2, 0.25) is 0 Å². The summed E-state index contributed by atoms with van der Waals surface area (Å²) in [6.45, 7) is 1.56. The number of carboxylic acids is 1. The van der Waals surface area contributed by atoms with Crippen molar-refractivity contribution in [3.8, 4) is 0 Å². The second kappa shape index (κ2) is 8.99. The van der Waals surface area contributed by atoms with Gasteiger partial charge in [-0.3, -0.25) is 9.59 Å². The number of anilines is 1. The van der Waals surface area contributed by atoms with Gasteiger partial charge in [0.15, 0.2) is 0 Å². The lowest BCUT2D eigenvalue weighted by atomic mass is 9.91. The highest BCUT2D eigenvalue weighted by atomic mass is 16.4. The predicted octanol–water partition coefficient (Wildman–Crippen LogP) is 2.62. The molecule has 0 spiro atoms. The Balaban J connectivity index is 1.47. The fourth-order valence-electron chi connectivity index (χ4n) is 3.96. The van der Waals surface area contributed by atoms with Gasteiger partial charge < -0.3 is 19.9 Å². The largest absolute Gasteiger partial charge is 0.481 e. The Labute approximate surface area is 180 Å². The van der Waals surface area contributed by atoms with Crippen LogP contribution in [-0.4, -0.2) is 56.6 Å². The Bertz CT molecular complexity index is 1080. The summed E-state index contributed by atoms with van der Waals surface area (Å²) in [5.41, 5.74) is 2.48. The highest BCUT2D eigenvalue weighted by Crippen LogP contribution is 2.31. The summed E-state index contributed by atoms with van der Waals surface area (Å²) in [6.07, 6.45) is 4.08. The first-order valence-corrected chi connectivity index (χ1v) is 10.3. The van der Waals surface area contributed by atoms with E-state index in [2.05, 4.69) is 15.3 Å². The molecule has 8 heteroatoms. The molecule has 1 aliphatic rings. The van der Waals surface area contributed by atoms with E-state index in [0.29, 0.717) is 31.7 Å². The zero-order chi connectivity index (χ0) is 21.8. The highest BCUT2D eigenvalue weighted by Gasteiger charge is 2.26. The molecule has 1 atom stereocenters. The number of carboxylic acid groups (broad SMARTS) is 1. The summed E-state index contributed by atoms with van der Waals surface area (Å²) in [5.74, 6) is 0.391. The molecule has 0 bridgehead atoms. The Kier molecular flexibility index (Phi) is 5.97. The molecule has 160 valence electrons. The van der Waals surface area contributed by atoms with Crippen molar-refractivity contribution < 1.29 is 14.7 Å². The molecule has 0 radical (unpaired) electrons. The Morgan fingerprint density at radius 3 is 2.81 bits per heavy atom. The van der Waals surface area contributed by atoms with Gasteiger partial charge in [0.05, 0.1) is 6.42 Å². The van der Waals surface area contributed by atoms with Crippen LogP contribution >= 0.6 is 0 Å². The summed E-state index contributed by atoms with van der Waals surface area (Å²) in [5, 5.41) is 12.6. The molecule has 0 aliphatic carbocycles. The summed E-state index contributed by atoms with van der Waals surface area (Å²) in [4.78, 5) is 34.8. The third-order valence-electron chi connectivity index (χ3n) is 5.52. The van der Waals surface area contributed by atoms with E-state index in [1.807, 2.05) is 47.0 Å². The van der Waals surface area contributed by atoms with Crippen LogP contribution in [0.5, 0.6) is 0 Å². The standard InChI is InChI=1S/C23H25N5O3/c1-27(11-10-25-20-8-4-5-9-24-20)23(31)19-15-28-14-17(13-22(29)30)18-7-3-2-6-16(18)12-21(28)26-19/h2-9,15,17H,10-14H2,1H3,(H,24,25)(H,29,30). The lowest BCUT2D eigenvalue weighted by molar-refractivity contribution is -0.137. The van der Waals surface area contributed by atoms with Crippen molar-refractivity contribution >= 4 is 17.7 Å². The fourth-order valence-corrected chi connectivity index (χ4v) is 3.96. The normalized spacial score (nSPS) is 14.8. The monoisotopic (exact) mass is 419 g/mol. The molecule has 0 saturated heterocycles. The lowest BCUT2D eigenvalue weighted by Gasteiger charge is -2.17. The first-order valence-electron chi connectivity index (χ1n) is 10.3. The summed E-state index contributed by atoms with van der Waals surface area (Å²) >= 11 is 0. The number of likely N-dealkylation sites (N-methyl/N-ethyl adjacent to an activating group) is 1. The summed E-state index contributed by atoms with van der Waals surface area (Å²) in [7, 11) is 1.75. The van der Waals surface area contributed by atoms with E-state index >= 15 is 0 Å². The number of aromatic nitrogens is 3. The molecule has 4 rings (SSSR count). The number of nitrogens with one attached hydrogen (secondary N) is 1. The van der Waals surface area contributed by atoms with Gasteiger partial charge in [-0.2, -0.15) is 0 Å². The maximum absolute atomic E-state index is 12.9. The van der Waals surface area contributed by atoms with Gasteiger partial charge in [-0.1, -0.05) is 30.3 Å². The molecule has 2 N–H and O–H groups in total. The number of hydrogen-bond donors (Lipinski definition) is 2. The minimum absolute atomic E-state index is 0.0387. The van der Waals surface area contributed by atoms with Gasteiger partial charge in [-0.15, -0.1) is 0 Å². The number of hydrogen-bond acceptors (Lipinski definition) is 5. The minimum Gasteiger partial charge on any atom is -0.481 e. The molecule has 1 aliphatic heterocycles. The van der Waals surface area contributed by atoms with Gasteiger partial charge in [0.25, 0.3) is 5.91 Å². The second-order valence-electron chi connectivity index (χ2n) is 7.73. The number of carbonyl (C=O) groups is 2. The van der Waals surface area contributed by atoms with E-state index in [1.54, 1.807) is 24.3 Å². The summed E-state index contributed by atoms with van der Waals surface area (Å²) < 4.78 is 1.93. The molecule has 0 saturated carbocycles. The van der Waals surface area contributed by atoms with Gasteiger partial charge in [-0.25, -0.2) is 9.97 Å². The van der Waals surface area contributed by atoms with Crippen molar-refractivity contribution in [2.24, 2.45) is 0 Å². The predicted molar refractivity (Wildman–Crippen MR) is 116 cm³/mol. The van der Waals surface area contributed by atoms with Crippen LogP contribution in [0.1, 0.15) is 39.8 Å². The van der Waals surface area contributed by atoms with E-state index in [1.165, 1.54) is 0 Å². The fraction of sp³-hybridized carbons (Fsp3) is 0.304. The maximum atomic E-state index is 12.9. The number of nitrogens with zero attached hydrogens (tertiary/aromatic N) is 4. The topological polar surface area (TPSA) is 100 Å². The molecule has 1 unspecified atom stereocenters. The van der Waals surface area contributed by atoms with Gasteiger partial charge in [0, 0.05) is 51.4 Å². The number of imidazole rings is 1. The van der Waals surface area contributed by atoms with E-state index in [0.717, 1.165) is 22.8 Å². The Morgan fingerprint density at radius 2 is 2.03 bits per heavy atom. The van der Waals surface area contributed by atoms with Crippen LogP contribution in [0.2, 0.25) is 0 Å². The van der Waals surface area contributed by atoms with E-state index in [9.17, 15) is 14.7 Å². The average molecular weight is 419 g/mol. The van der Waals surface area contributed by atoms with Crippen LogP contribution in [-0.2, 0) is 17.8 Å². The quantitative estimate of drug-likeness (QED) is 0.611. The lowest BCUT2D eigenvalue weighted by Crippen LogP contribution is -2.31. The summed E-state index contributed by atoms with van der Waals surface area (Å²) in [6, 6.07) is 13.5. The molecule has 0 fully saturated rings. The third kappa shape index (κ3) is 4.74. The molecular formula is C23H25N5O3. The van der Waals surface area contributed by atoms with Crippen LogP contribution in [0.3, 0.4) is 0 Å². The number of fused-ring (bicyclic) bond motifs is 2. The van der Waals surface area contributed by atoms with Crippen LogP contribution in [0, 0.1) is 0 Å². The molecule has 8 nitrogen and oxygen atoms in total. The minimum atomic E-state index is -0.834. The molecule has 31 heavy (non-hydrogen) atoms. The van der Waals surface area contributed by atoms with E-state index < -0.39 is 5.97 Å². The molecule has 3 heterocycles. The molecule has 3 aromatic rings. The van der Waals surface area contributed by atoms with E-state index in [-0.39, 0.29) is 18.2 Å². The average Bonchev–Trinajstić information content (AvgIpc) is 3.09. The molecular weight excluding hydrogens is 394 g/mol. The maximum Gasteiger partial charge on any atom is 0.304 e. The Morgan fingerprint density at radius 1 is 1.23 bits per heavy atom. The van der Waals surface area contributed by atoms with Crippen molar-refractivity contribution in [3.63, 3.8) is 0 Å². The van der Waals surface area contributed by atoms with Crippen LogP contribution in [0.4, 0.5) is 5.82 Å². The van der Waals surface area contributed by atoms with Crippen molar-refractivity contribution in [3.05, 3.63) is 77.5 Å². The third-order valence-corrected chi connectivity index (χ3v) is 5.52. The zero-order valence-corrected chi connectivity index (χ0v) is 17.4. The zero-order valence-electron chi connectivity index (χ0n) is 17.4. The first-order chi connectivity index (χ1) is 15.0. The number of carbonyl (C=O) groups excluding carboxylic acids is 1. The van der Waals surface area contributed by atoms with Crippen molar-refractivity contribution in [1.29, 1.82) is 0 Å². The van der Waals surface area contributed by atoms with Crippen molar-refractivity contribution in [2.75, 3.05) is 25.5 Å². The van der Waals surface area contributed by atoms with Crippen LogP contribution in [0.15, 0.2) is 54.9 Å². The van der Waals surface area contributed by atoms with Crippen LogP contribution < -0.4 is 5.32 Å². The molecule has 1 aromatic carbocycles. The van der Waals surface area contributed by atoms with E-state index in [4.69, 9.17) is 0 Å². The number of pyridine rings is 1. The Hall–Kier alpha value is -3.68. The number of rotatable bonds is 7. The number of benzene rings is 1. The smallest absolute Gasteiger partial charge is 0.304 e. The van der Waals surface area contributed by atoms with Crippen LogP contribution in [0.25, 0.3) is 0 Å². The van der Waals surface area contributed by atoms with Gasteiger partial charge >= 0.3 is 5.97 Å². The number of aliphatic carboxylic acids is 1. The molecule has 2 aromatic heterocycles. The van der Waals surface area contributed by atoms with Crippen molar-refractivity contribution in [1.82, 2.24) is 19.4 Å². The SMILES string of the molecule is CN(CCNc1ccccn1)C(=O)c1cn2c(n1)Cc1ccccc1C(CC(=O)O)C2. The van der Waals surface area contributed by atoms with Crippen molar-refractivity contribution in [2.45, 2.75) is 25.3 Å². The van der Waals surface area contributed by atoms with Gasteiger partial charge in [-0.05, 0) is 23.3 Å². The molecule has 1 amide bonds. The second-order valence-corrected chi connectivity index (χ2v) is 7.73. The first kappa shape index (κ1) is 20.6. The highest BCUT2D eigenvalue weighted by molar-refractivity contribution is 5.92.